The molecule has 1 atom stereocenters. The summed E-state index contributed by atoms with van der Waals surface area (Å²) in [7, 11) is 1.58. The van der Waals surface area contributed by atoms with Gasteiger partial charge in [0.25, 0.3) is 5.91 Å². The number of hydrogen-bond acceptors (Lipinski definition) is 7. The largest absolute Gasteiger partial charge is 0.493 e. The zero-order chi connectivity index (χ0) is 24.5. The van der Waals surface area contributed by atoms with Gasteiger partial charge >= 0.3 is 0 Å². The van der Waals surface area contributed by atoms with Gasteiger partial charge in [0.1, 0.15) is 19.8 Å². The molecule has 1 heterocycles. The van der Waals surface area contributed by atoms with E-state index in [1.165, 1.54) is 6.21 Å². The number of carbonyl (C=O) groups excluding carboxylic acids is 1. The third-order valence-corrected chi connectivity index (χ3v) is 5.34. The van der Waals surface area contributed by atoms with E-state index in [1.807, 2.05) is 67.6 Å². The molecule has 35 heavy (non-hydrogen) atoms. The second-order valence-corrected chi connectivity index (χ2v) is 7.88. The predicted molar refractivity (Wildman–Crippen MR) is 131 cm³/mol. The minimum absolute atomic E-state index is 0.208. The van der Waals surface area contributed by atoms with E-state index >= 15 is 0 Å². The van der Waals surface area contributed by atoms with Gasteiger partial charge in [0, 0.05) is 5.56 Å². The third kappa shape index (κ3) is 6.66. The summed E-state index contributed by atoms with van der Waals surface area (Å²) in [6.45, 7) is 3.17. The van der Waals surface area contributed by atoms with Crippen LogP contribution in [0.4, 0.5) is 0 Å². The average Bonchev–Trinajstić information content (AvgIpc) is 2.90. The highest BCUT2D eigenvalue weighted by Gasteiger charge is 2.16. The van der Waals surface area contributed by atoms with Gasteiger partial charge in [0.2, 0.25) is 0 Å². The van der Waals surface area contributed by atoms with Crippen LogP contribution in [-0.4, -0.2) is 39.1 Å². The zero-order valence-corrected chi connectivity index (χ0v) is 19.7. The zero-order valence-electron chi connectivity index (χ0n) is 19.7. The molecule has 0 aromatic heterocycles. The van der Waals surface area contributed by atoms with Crippen molar-refractivity contribution in [3.63, 3.8) is 0 Å². The fourth-order valence-electron chi connectivity index (χ4n) is 3.51. The molecule has 4 rings (SSSR count). The number of rotatable bonds is 10. The Balaban J connectivity index is 1.25. The minimum Gasteiger partial charge on any atom is -0.493 e. The maximum absolute atomic E-state index is 12.3. The fraction of sp³-hybridized carbons (Fsp3) is 0.259. The molecule has 1 aliphatic rings. The number of amides is 1. The van der Waals surface area contributed by atoms with Crippen molar-refractivity contribution in [1.29, 1.82) is 0 Å². The quantitative estimate of drug-likeness (QED) is 0.347. The molecule has 0 saturated heterocycles. The number of nitrogens with one attached hydrogen (secondary N) is 1. The minimum atomic E-state index is -0.285. The first kappa shape index (κ1) is 23.9. The fourth-order valence-corrected chi connectivity index (χ4v) is 3.51. The van der Waals surface area contributed by atoms with Crippen LogP contribution in [0.25, 0.3) is 0 Å². The van der Waals surface area contributed by atoms with Crippen LogP contribution < -0.4 is 24.3 Å². The average molecular weight is 477 g/mol. The Labute approximate surface area is 204 Å². The van der Waals surface area contributed by atoms with Gasteiger partial charge in [-0.25, -0.2) is 0 Å². The van der Waals surface area contributed by atoms with E-state index < -0.39 is 0 Å². The van der Waals surface area contributed by atoms with Crippen molar-refractivity contribution in [2.24, 2.45) is 5.16 Å². The van der Waals surface area contributed by atoms with E-state index in [-0.39, 0.29) is 18.6 Å². The highest BCUT2D eigenvalue weighted by molar-refractivity contribution is 5.81. The Hall–Kier alpha value is -4.20. The number of methoxy groups -OCH3 is 1. The SMILES string of the molecule is COc1cc(/C=N\OCC(=O)N[C@@H](C)c2ccc3c(c2)OCCO3)ccc1OCc1ccccc1. The van der Waals surface area contributed by atoms with Crippen molar-refractivity contribution in [2.45, 2.75) is 19.6 Å². The number of ether oxygens (including phenoxy) is 4. The van der Waals surface area contributed by atoms with Crippen LogP contribution in [-0.2, 0) is 16.2 Å². The number of nitrogens with zero attached hydrogens (tertiary/aromatic N) is 1. The first-order valence-corrected chi connectivity index (χ1v) is 11.3. The Bertz CT molecular complexity index is 1170. The molecule has 1 N–H and O–H groups in total. The monoisotopic (exact) mass is 476 g/mol. The number of oxime groups is 1. The van der Waals surface area contributed by atoms with Gasteiger partial charge in [-0.05, 0) is 48.4 Å². The highest BCUT2D eigenvalue weighted by atomic mass is 16.6. The van der Waals surface area contributed by atoms with Gasteiger partial charge in [-0.15, -0.1) is 0 Å². The molecule has 1 aliphatic heterocycles. The van der Waals surface area contributed by atoms with Crippen molar-refractivity contribution >= 4 is 12.1 Å². The smallest absolute Gasteiger partial charge is 0.261 e. The number of benzene rings is 3. The van der Waals surface area contributed by atoms with E-state index in [0.717, 1.165) is 16.7 Å². The van der Waals surface area contributed by atoms with Gasteiger partial charge in [-0.3, -0.25) is 4.79 Å². The van der Waals surface area contributed by atoms with Crippen molar-refractivity contribution in [2.75, 3.05) is 26.9 Å². The van der Waals surface area contributed by atoms with Crippen molar-refractivity contribution in [3.05, 3.63) is 83.4 Å². The molecule has 8 nitrogen and oxygen atoms in total. The molecule has 0 fully saturated rings. The van der Waals surface area contributed by atoms with Gasteiger partial charge in [-0.1, -0.05) is 41.6 Å². The van der Waals surface area contributed by atoms with E-state index in [2.05, 4.69) is 10.5 Å². The molecule has 1 amide bonds. The second kappa shape index (κ2) is 11.8. The lowest BCUT2D eigenvalue weighted by molar-refractivity contribution is -0.126. The Morgan fingerprint density at radius 1 is 1.03 bits per heavy atom. The Morgan fingerprint density at radius 2 is 1.83 bits per heavy atom. The van der Waals surface area contributed by atoms with Crippen molar-refractivity contribution < 1.29 is 28.6 Å². The molecule has 8 heteroatoms. The van der Waals surface area contributed by atoms with Crippen molar-refractivity contribution in [1.82, 2.24) is 5.32 Å². The summed E-state index contributed by atoms with van der Waals surface area (Å²) in [5.41, 5.74) is 2.72. The summed E-state index contributed by atoms with van der Waals surface area (Å²) in [6, 6.07) is 20.7. The molecule has 182 valence electrons. The second-order valence-electron chi connectivity index (χ2n) is 7.88. The lowest BCUT2D eigenvalue weighted by Gasteiger charge is -2.21. The predicted octanol–water partition coefficient (Wildman–Crippen LogP) is 4.27. The van der Waals surface area contributed by atoms with Gasteiger partial charge < -0.3 is 29.1 Å². The van der Waals surface area contributed by atoms with Crippen LogP contribution in [0, 0.1) is 0 Å². The third-order valence-electron chi connectivity index (χ3n) is 5.34. The summed E-state index contributed by atoms with van der Waals surface area (Å²) in [4.78, 5) is 17.4. The maximum atomic E-state index is 12.3. The lowest BCUT2D eigenvalue weighted by atomic mass is 10.1. The molecule has 0 saturated carbocycles. The molecule has 0 spiro atoms. The number of hydrogen-bond donors (Lipinski definition) is 1. The summed E-state index contributed by atoms with van der Waals surface area (Å²) >= 11 is 0. The van der Waals surface area contributed by atoms with Crippen LogP contribution in [0.15, 0.2) is 71.9 Å². The van der Waals surface area contributed by atoms with Crippen LogP contribution in [0.2, 0.25) is 0 Å². The van der Waals surface area contributed by atoms with Gasteiger partial charge in [-0.2, -0.15) is 0 Å². The summed E-state index contributed by atoms with van der Waals surface area (Å²) in [5.74, 6) is 2.32. The van der Waals surface area contributed by atoms with Crippen molar-refractivity contribution in [3.8, 4) is 23.0 Å². The molecule has 0 aliphatic carbocycles. The first-order chi connectivity index (χ1) is 17.1. The molecule has 3 aromatic rings. The van der Waals surface area contributed by atoms with Gasteiger partial charge in [0.05, 0.1) is 19.4 Å². The molecule has 0 unspecified atom stereocenters. The molecule has 0 radical (unpaired) electrons. The van der Waals surface area contributed by atoms with E-state index in [1.54, 1.807) is 13.2 Å². The molecular formula is C27H28N2O6. The van der Waals surface area contributed by atoms with Crippen LogP contribution in [0.3, 0.4) is 0 Å². The van der Waals surface area contributed by atoms with E-state index in [9.17, 15) is 4.79 Å². The van der Waals surface area contributed by atoms with E-state index in [4.69, 9.17) is 23.8 Å². The molecule has 0 bridgehead atoms. The number of fused-ring (bicyclic) bond motifs is 1. The molecule has 3 aromatic carbocycles. The lowest BCUT2D eigenvalue weighted by Crippen LogP contribution is -2.29. The Morgan fingerprint density at radius 3 is 2.63 bits per heavy atom. The maximum Gasteiger partial charge on any atom is 0.261 e. The molecular weight excluding hydrogens is 448 g/mol. The van der Waals surface area contributed by atoms with Gasteiger partial charge in [0.15, 0.2) is 29.6 Å². The standard InChI is InChI=1S/C27H28N2O6/c1-19(22-9-11-24-26(15-22)33-13-12-32-24)29-27(30)18-35-28-16-21-8-10-23(25(14-21)31-2)34-17-20-6-4-3-5-7-20/h3-11,14-16,19H,12-13,17-18H2,1-2H3,(H,29,30)/b28-16-/t19-/m0/s1. The summed E-state index contributed by atoms with van der Waals surface area (Å²) in [5, 5.41) is 6.78. The summed E-state index contributed by atoms with van der Waals surface area (Å²) < 4.78 is 22.4. The van der Waals surface area contributed by atoms with E-state index in [0.29, 0.717) is 42.8 Å². The first-order valence-electron chi connectivity index (χ1n) is 11.3. The topological polar surface area (TPSA) is 87.6 Å². The van der Waals surface area contributed by atoms with Crippen LogP contribution in [0.1, 0.15) is 29.7 Å². The summed E-state index contributed by atoms with van der Waals surface area (Å²) in [6.07, 6.45) is 1.51. The highest BCUT2D eigenvalue weighted by Crippen LogP contribution is 2.32. The Kier molecular flexibility index (Phi) is 8.06. The normalized spacial score (nSPS) is 13.2. The van der Waals surface area contributed by atoms with Crippen LogP contribution >= 0.6 is 0 Å². The van der Waals surface area contributed by atoms with Crippen LogP contribution in [0.5, 0.6) is 23.0 Å². The number of carbonyl (C=O) groups is 1.